The Hall–Kier alpha value is -4.15. The number of nitrogens with zero attached hydrogens (tertiary/aromatic N) is 2. The smallest absolute Gasteiger partial charge is 0.211 e. The molecule has 0 radical (unpaired) electrons. The molecule has 1 aromatic heterocycles. The topological polar surface area (TPSA) is 25.4 Å². The van der Waals surface area contributed by atoms with Crippen LogP contribution in [0.5, 0.6) is 5.75 Å². The molecule has 0 aliphatic carbocycles. The van der Waals surface area contributed by atoms with E-state index in [9.17, 15) is 0 Å². The van der Waals surface area contributed by atoms with Crippen LogP contribution in [0.25, 0.3) is 48.4 Å². The summed E-state index contributed by atoms with van der Waals surface area (Å²) in [5.74, 6) is 0.905. The van der Waals surface area contributed by atoms with Crippen molar-refractivity contribution in [3.05, 3.63) is 108 Å². The van der Waals surface area contributed by atoms with Crippen LogP contribution >= 0.6 is 11.3 Å². The molecule has 1 atom stereocenters. The molecule has 0 saturated heterocycles. The zero-order valence-electron chi connectivity index (χ0n) is 21.5. The summed E-state index contributed by atoms with van der Waals surface area (Å²) in [7, 11) is 2.16. The molecule has 184 valence electrons. The lowest BCUT2D eigenvalue weighted by Gasteiger charge is -2.46. The maximum absolute atomic E-state index is 7.33. The predicted molar refractivity (Wildman–Crippen MR) is 160 cm³/mol. The minimum atomic E-state index is -0.680. The van der Waals surface area contributed by atoms with Crippen molar-refractivity contribution < 1.29 is 4.74 Å². The Morgan fingerprint density at radius 1 is 0.816 bits per heavy atom. The first-order valence-corrected chi connectivity index (χ1v) is 13.9. The number of likely N-dealkylation sites (N-methyl/N-ethyl adjacent to an activating group) is 1. The highest BCUT2D eigenvalue weighted by atomic mass is 32.1. The lowest BCUT2D eigenvalue weighted by Crippen LogP contribution is -2.58. The van der Waals surface area contributed by atoms with E-state index in [2.05, 4.69) is 123 Å². The maximum Gasteiger partial charge on any atom is 0.211 e. The van der Waals surface area contributed by atoms with Crippen LogP contribution in [0.2, 0.25) is 0 Å². The zero-order valence-corrected chi connectivity index (χ0v) is 22.3. The van der Waals surface area contributed by atoms with Crippen LogP contribution in [0.3, 0.4) is 0 Å². The highest BCUT2D eigenvalue weighted by Gasteiger charge is 2.58. The third-order valence-electron chi connectivity index (χ3n) is 8.59. The molecule has 8 rings (SSSR count). The van der Waals surface area contributed by atoms with Crippen molar-refractivity contribution in [2.24, 2.45) is 0 Å². The van der Waals surface area contributed by atoms with Crippen LogP contribution in [0.1, 0.15) is 25.0 Å². The molecular formula is C34H26N2OS. The quantitative estimate of drug-likeness (QED) is 0.221. The Labute approximate surface area is 225 Å². The highest BCUT2D eigenvalue weighted by Crippen LogP contribution is 2.58. The number of hydrogen-bond donors (Lipinski definition) is 0. The number of fused-ring (bicyclic) bond motifs is 7. The molecule has 0 fully saturated rings. The number of hydrogen-bond acceptors (Lipinski definition) is 4. The maximum atomic E-state index is 7.33. The summed E-state index contributed by atoms with van der Waals surface area (Å²) in [5.41, 5.74) is 4.73. The summed E-state index contributed by atoms with van der Waals surface area (Å²) >= 11 is 1.72. The SMILES string of the molecule is CN1c2ccc3ccccc3c2C(C)(C)C12C=Cc1c(c(-c3nc4ccccc4s3)cc3ccccc13)O2. The van der Waals surface area contributed by atoms with E-state index in [0.717, 1.165) is 27.4 Å². The Bertz CT molecular complexity index is 1930. The third-order valence-corrected chi connectivity index (χ3v) is 9.65. The standard InChI is InChI=1S/C34H26N2OS/c1-33(2)30-24-13-7-4-10-21(24)16-17-28(30)36(3)34(33)19-18-25-23-12-6-5-11-22(23)20-26(31(25)37-34)32-35-27-14-8-9-15-29(27)38-32/h4-20H,1-3H3. The Morgan fingerprint density at radius 3 is 2.39 bits per heavy atom. The van der Waals surface area contributed by atoms with Gasteiger partial charge in [-0.15, -0.1) is 11.3 Å². The molecule has 2 aliphatic rings. The van der Waals surface area contributed by atoms with Crippen molar-refractivity contribution in [3.63, 3.8) is 0 Å². The highest BCUT2D eigenvalue weighted by molar-refractivity contribution is 7.21. The largest absolute Gasteiger partial charge is 0.462 e. The van der Waals surface area contributed by atoms with Crippen molar-refractivity contribution in [1.29, 1.82) is 0 Å². The van der Waals surface area contributed by atoms with Crippen LogP contribution < -0.4 is 9.64 Å². The van der Waals surface area contributed by atoms with Gasteiger partial charge in [0.15, 0.2) is 0 Å². The molecule has 6 aromatic rings. The molecule has 0 saturated carbocycles. The molecule has 1 spiro atoms. The lowest BCUT2D eigenvalue weighted by atomic mass is 9.74. The molecule has 3 heterocycles. The first kappa shape index (κ1) is 21.9. The van der Waals surface area contributed by atoms with Gasteiger partial charge < -0.3 is 9.64 Å². The Morgan fingerprint density at radius 2 is 1.55 bits per heavy atom. The Balaban J connectivity index is 1.39. The fraction of sp³-hybridized carbons (Fsp3) is 0.147. The zero-order chi connectivity index (χ0) is 25.6. The van der Waals surface area contributed by atoms with Gasteiger partial charge in [0.25, 0.3) is 0 Å². The molecule has 0 amide bonds. The van der Waals surface area contributed by atoms with Crippen molar-refractivity contribution in [3.8, 4) is 16.3 Å². The van der Waals surface area contributed by atoms with E-state index in [1.807, 2.05) is 6.07 Å². The number of anilines is 1. The van der Waals surface area contributed by atoms with Crippen LogP contribution in [-0.2, 0) is 5.41 Å². The third kappa shape index (κ3) is 2.71. The predicted octanol–water partition coefficient (Wildman–Crippen LogP) is 8.80. The number of thiazole rings is 1. The number of ether oxygens (including phenoxy) is 1. The number of aromatic nitrogens is 1. The minimum absolute atomic E-state index is 0.317. The normalized spacial score (nSPS) is 19.3. The van der Waals surface area contributed by atoms with Gasteiger partial charge in [-0.25, -0.2) is 4.98 Å². The van der Waals surface area contributed by atoms with Crippen LogP contribution in [0.4, 0.5) is 5.69 Å². The van der Waals surface area contributed by atoms with Gasteiger partial charge in [-0.05, 0) is 77.4 Å². The number of para-hydroxylation sites is 1. The molecule has 0 bridgehead atoms. The Kier molecular flexibility index (Phi) is 4.30. The molecule has 0 N–H and O–H groups in total. The van der Waals surface area contributed by atoms with Crippen molar-refractivity contribution >= 4 is 54.9 Å². The van der Waals surface area contributed by atoms with Gasteiger partial charge in [0.05, 0.1) is 21.2 Å². The van der Waals surface area contributed by atoms with E-state index >= 15 is 0 Å². The van der Waals surface area contributed by atoms with Gasteiger partial charge in [-0.2, -0.15) is 0 Å². The second-order valence-corrected chi connectivity index (χ2v) is 11.9. The summed E-state index contributed by atoms with van der Waals surface area (Å²) in [6, 6.07) is 32.3. The first-order chi connectivity index (χ1) is 18.5. The summed E-state index contributed by atoms with van der Waals surface area (Å²) in [6.07, 6.45) is 4.56. The average Bonchev–Trinajstić information content (AvgIpc) is 3.45. The molecule has 38 heavy (non-hydrogen) atoms. The van der Waals surface area contributed by atoms with Gasteiger partial charge in [0.2, 0.25) is 5.72 Å². The van der Waals surface area contributed by atoms with Crippen molar-refractivity contribution in [2.75, 3.05) is 11.9 Å². The molecule has 3 nitrogen and oxygen atoms in total. The minimum Gasteiger partial charge on any atom is -0.462 e. The number of rotatable bonds is 1. The fourth-order valence-electron chi connectivity index (χ4n) is 6.65. The lowest BCUT2D eigenvalue weighted by molar-refractivity contribution is 0.0594. The molecule has 4 heteroatoms. The van der Waals surface area contributed by atoms with E-state index in [-0.39, 0.29) is 5.41 Å². The summed E-state index contributed by atoms with van der Waals surface area (Å²) < 4.78 is 8.52. The van der Waals surface area contributed by atoms with Crippen LogP contribution in [-0.4, -0.2) is 17.8 Å². The number of benzene rings is 5. The summed E-state index contributed by atoms with van der Waals surface area (Å²) in [6.45, 7) is 4.63. The second kappa shape index (κ2) is 7.46. The molecule has 1 unspecified atom stereocenters. The van der Waals surface area contributed by atoms with Gasteiger partial charge in [-0.1, -0.05) is 66.7 Å². The van der Waals surface area contributed by atoms with Gasteiger partial charge in [-0.3, -0.25) is 0 Å². The van der Waals surface area contributed by atoms with E-state index < -0.39 is 5.72 Å². The van der Waals surface area contributed by atoms with E-state index in [1.54, 1.807) is 11.3 Å². The van der Waals surface area contributed by atoms with Gasteiger partial charge >= 0.3 is 0 Å². The van der Waals surface area contributed by atoms with Crippen molar-refractivity contribution in [2.45, 2.75) is 25.0 Å². The van der Waals surface area contributed by atoms with Crippen molar-refractivity contribution in [1.82, 2.24) is 4.98 Å². The van der Waals surface area contributed by atoms with E-state index in [1.165, 1.54) is 37.5 Å². The monoisotopic (exact) mass is 510 g/mol. The second-order valence-electron chi connectivity index (χ2n) is 10.9. The van der Waals surface area contributed by atoms with Gasteiger partial charge in [0.1, 0.15) is 10.8 Å². The summed E-state index contributed by atoms with van der Waals surface area (Å²) in [5, 5.41) is 5.91. The fourth-order valence-corrected chi connectivity index (χ4v) is 7.63. The summed E-state index contributed by atoms with van der Waals surface area (Å²) in [4.78, 5) is 7.37. The van der Waals surface area contributed by atoms with E-state index in [0.29, 0.717) is 0 Å². The van der Waals surface area contributed by atoms with Crippen LogP contribution in [0.15, 0.2) is 97.1 Å². The van der Waals surface area contributed by atoms with Gasteiger partial charge in [0, 0.05) is 18.3 Å². The first-order valence-electron chi connectivity index (χ1n) is 13.0. The molecular weight excluding hydrogens is 484 g/mol. The average molecular weight is 511 g/mol. The molecule has 5 aromatic carbocycles. The van der Waals surface area contributed by atoms with Crippen LogP contribution in [0, 0.1) is 0 Å². The molecule has 2 aliphatic heterocycles. The van der Waals surface area contributed by atoms with E-state index in [4.69, 9.17) is 9.72 Å².